The smallest absolute Gasteiger partial charge is 0.128 e. The highest BCUT2D eigenvalue weighted by atomic mass is 16.5. The van der Waals surface area contributed by atoms with Crippen LogP contribution < -0.4 is 10.2 Å². The highest BCUT2D eigenvalue weighted by Crippen LogP contribution is 2.18. The summed E-state index contributed by atoms with van der Waals surface area (Å²) in [4.78, 5) is 6.89. The first-order valence-corrected chi connectivity index (χ1v) is 8.69. The van der Waals surface area contributed by atoms with Crippen molar-refractivity contribution >= 4 is 5.82 Å². The lowest BCUT2D eigenvalue weighted by atomic mass is 10.1. The fourth-order valence-corrected chi connectivity index (χ4v) is 3.18. The molecule has 1 aromatic heterocycles. The van der Waals surface area contributed by atoms with Gasteiger partial charge in [-0.25, -0.2) is 4.98 Å². The summed E-state index contributed by atoms with van der Waals surface area (Å²) in [6, 6.07) is 14.0. The van der Waals surface area contributed by atoms with Gasteiger partial charge in [-0.1, -0.05) is 18.2 Å². The molecular formula is C20H24N4O. The highest BCUT2D eigenvalue weighted by molar-refractivity contribution is 5.40. The Bertz CT molecular complexity index is 728. The maximum Gasteiger partial charge on any atom is 0.128 e. The average Bonchev–Trinajstić information content (AvgIpc) is 2.62. The Morgan fingerprint density at radius 2 is 1.92 bits per heavy atom. The monoisotopic (exact) mass is 336 g/mol. The lowest BCUT2D eigenvalue weighted by molar-refractivity contribution is -0.00545. The first-order chi connectivity index (χ1) is 12.1. The highest BCUT2D eigenvalue weighted by Gasteiger charge is 2.22. The lowest BCUT2D eigenvalue weighted by Gasteiger charge is -2.36. The van der Waals surface area contributed by atoms with Crippen LogP contribution >= 0.6 is 0 Å². The van der Waals surface area contributed by atoms with E-state index in [-0.39, 0.29) is 12.2 Å². The minimum atomic E-state index is 0.232. The molecule has 3 rings (SSSR count). The van der Waals surface area contributed by atoms with Gasteiger partial charge in [0.1, 0.15) is 5.82 Å². The summed E-state index contributed by atoms with van der Waals surface area (Å²) in [5, 5.41) is 12.3. The van der Waals surface area contributed by atoms with Gasteiger partial charge in [-0.2, -0.15) is 5.26 Å². The van der Waals surface area contributed by atoms with Gasteiger partial charge in [-0.3, -0.25) is 0 Å². The van der Waals surface area contributed by atoms with E-state index >= 15 is 0 Å². The van der Waals surface area contributed by atoms with Crippen molar-refractivity contribution < 1.29 is 4.74 Å². The predicted octanol–water partition coefficient (Wildman–Crippen LogP) is 2.86. The van der Waals surface area contributed by atoms with Crippen LogP contribution in [-0.2, 0) is 17.8 Å². The second kappa shape index (κ2) is 8.11. The summed E-state index contributed by atoms with van der Waals surface area (Å²) < 4.78 is 5.77. The molecule has 0 aliphatic carbocycles. The molecule has 2 heterocycles. The third-order valence-electron chi connectivity index (χ3n) is 4.27. The van der Waals surface area contributed by atoms with Gasteiger partial charge >= 0.3 is 0 Å². The molecule has 1 aliphatic heterocycles. The van der Waals surface area contributed by atoms with E-state index in [1.807, 2.05) is 30.5 Å². The number of hydrogen-bond donors (Lipinski definition) is 1. The van der Waals surface area contributed by atoms with Crippen LogP contribution in [0.3, 0.4) is 0 Å². The largest absolute Gasteiger partial charge is 0.372 e. The number of nitrogens with one attached hydrogen (secondary N) is 1. The van der Waals surface area contributed by atoms with Crippen molar-refractivity contribution in [2.75, 3.05) is 18.0 Å². The topological polar surface area (TPSA) is 61.2 Å². The van der Waals surface area contributed by atoms with Crippen LogP contribution in [0, 0.1) is 11.3 Å². The van der Waals surface area contributed by atoms with Gasteiger partial charge in [-0.05, 0) is 43.2 Å². The number of hydrogen-bond acceptors (Lipinski definition) is 5. The fraction of sp³-hybridized carbons (Fsp3) is 0.400. The molecule has 5 heteroatoms. The number of pyridine rings is 1. The molecule has 2 aromatic rings. The van der Waals surface area contributed by atoms with Crippen LogP contribution in [0.4, 0.5) is 5.82 Å². The minimum Gasteiger partial charge on any atom is -0.372 e. The van der Waals surface area contributed by atoms with E-state index in [0.717, 1.165) is 43.1 Å². The molecule has 0 spiro atoms. The fourth-order valence-electron chi connectivity index (χ4n) is 3.18. The van der Waals surface area contributed by atoms with Crippen LogP contribution in [-0.4, -0.2) is 30.3 Å². The molecule has 0 amide bonds. The average molecular weight is 336 g/mol. The normalized spacial score (nSPS) is 20.3. The molecule has 2 atom stereocenters. The minimum absolute atomic E-state index is 0.232. The number of anilines is 1. The number of morpholine rings is 1. The van der Waals surface area contributed by atoms with Crippen molar-refractivity contribution in [3.8, 4) is 6.07 Å². The van der Waals surface area contributed by atoms with Crippen molar-refractivity contribution in [1.82, 2.24) is 10.3 Å². The van der Waals surface area contributed by atoms with E-state index in [0.29, 0.717) is 5.56 Å². The molecule has 5 nitrogen and oxygen atoms in total. The summed E-state index contributed by atoms with van der Waals surface area (Å²) in [5.41, 5.74) is 2.95. The van der Waals surface area contributed by atoms with Crippen molar-refractivity contribution in [3.63, 3.8) is 0 Å². The number of aromatic nitrogens is 1. The molecule has 0 saturated carbocycles. The maximum atomic E-state index is 8.94. The van der Waals surface area contributed by atoms with Crippen LogP contribution in [0.5, 0.6) is 0 Å². The maximum absolute atomic E-state index is 8.94. The Hall–Kier alpha value is -2.42. The third kappa shape index (κ3) is 4.79. The molecule has 0 bridgehead atoms. The molecule has 1 aliphatic rings. The summed E-state index contributed by atoms with van der Waals surface area (Å²) in [5.74, 6) is 1.01. The SMILES string of the molecule is CC1CN(c2ccc(CNCc3cccc(C#N)c3)cn2)CC(C)O1. The Labute approximate surface area is 149 Å². The van der Waals surface area contributed by atoms with E-state index in [4.69, 9.17) is 10.00 Å². The molecule has 130 valence electrons. The molecule has 25 heavy (non-hydrogen) atoms. The number of nitrogens with zero attached hydrogens (tertiary/aromatic N) is 3. The third-order valence-corrected chi connectivity index (χ3v) is 4.27. The lowest BCUT2D eigenvalue weighted by Crippen LogP contribution is -2.45. The van der Waals surface area contributed by atoms with Crippen LogP contribution in [0.1, 0.15) is 30.5 Å². The Morgan fingerprint density at radius 1 is 1.16 bits per heavy atom. The Kier molecular flexibility index (Phi) is 5.64. The number of nitriles is 1. The van der Waals surface area contributed by atoms with Crippen molar-refractivity contribution in [2.24, 2.45) is 0 Å². The zero-order valence-electron chi connectivity index (χ0n) is 14.8. The first-order valence-electron chi connectivity index (χ1n) is 8.69. The van der Waals surface area contributed by atoms with Gasteiger partial charge in [0, 0.05) is 32.4 Å². The van der Waals surface area contributed by atoms with Crippen LogP contribution in [0.2, 0.25) is 0 Å². The molecule has 1 saturated heterocycles. The second-order valence-electron chi connectivity index (χ2n) is 6.60. The predicted molar refractivity (Wildman–Crippen MR) is 98.2 cm³/mol. The van der Waals surface area contributed by atoms with Crippen molar-refractivity contribution in [1.29, 1.82) is 5.26 Å². The summed E-state index contributed by atoms with van der Waals surface area (Å²) in [7, 11) is 0. The zero-order valence-corrected chi connectivity index (χ0v) is 14.8. The summed E-state index contributed by atoms with van der Waals surface area (Å²) in [6.45, 7) is 7.44. The van der Waals surface area contributed by atoms with Gasteiger partial charge in [0.05, 0.1) is 23.8 Å². The van der Waals surface area contributed by atoms with E-state index < -0.39 is 0 Å². The van der Waals surface area contributed by atoms with Gasteiger partial charge in [0.2, 0.25) is 0 Å². The van der Waals surface area contributed by atoms with E-state index in [2.05, 4.69) is 47.3 Å². The van der Waals surface area contributed by atoms with Gasteiger partial charge < -0.3 is 15.0 Å². The molecule has 0 radical (unpaired) electrons. The molecule has 1 aromatic carbocycles. The Balaban J connectivity index is 1.53. The molecular weight excluding hydrogens is 312 g/mol. The van der Waals surface area contributed by atoms with Crippen molar-refractivity contribution in [3.05, 3.63) is 59.3 Å². The van der Waals surface area contributed by atoms with Crippen LogP contribution in [0.15, 0.2) is 42.6 Å². The van der Waals surface area contributed by atoms with E-state index in [1.165, 1.54) is 0 Å². The molecule has 1 fully saturated rings. The standard InChI is InChI=1S/C20H24N4O/c1-15-13-24(14-16(2)25-15)20-7-6-19(12-23-20)11-22-10-18-5-3-4-17(8-18)9-21/h3-8,12,15-16,22H,10-11,13-14H2,1-2H3. The van der Waals surface area contributed by atoms with Gasteiger partial charge in [0.15, 0.2) is 0 Å². The molecule has 2 unspecified atom stereocenters. The molecule has 1 N–H and O–H groups in total. The summed E-state index contributed by atoms with van der Waals surface area (Å²) >= 11 is 0. The zero-order chi connectivity index (χ0) is 17.6. The first kappa shape index (κ1) is 17.4. The van der Waals surface area contributed by atoms with Gasteiger partial charge in [0.25, 0.3) is 0 Å². The van der Waals surface area contributed by atoms with Crippen molar-refractivity contribution in [2.45, 2.75) is 39.1 Å². The van der Waals surface area contributed by atoms with E-state index in [9.17, 15) is 0 Å². The number of ether oxygens (including phenoxy) is 1. The van der Waals surface area contributed by atoms with Crippen LogP contribution in [0.25, 0.3) is 0 Å². The number of benzene rings is 1. The Morgan fingerprint density at radius 3 is 2.60 bits per heavy atom. The second-order valence-corrected chi connectivity index (χ2v) is 6.60. The van der Waals surface area contributed by atoms with E-state index in [1.54, 1.807) is 0 Å². The summed E-state index contributed by atoms with van der Waals surface area (Å²) in [6.07, 6.45) is 2.39. The number of rotatable bonds is 5. The quantitative estimate of drug-likeness (QED) is 0.910. The van der Waals surface area contributed by atoms with Gasteiger partial charge in [-0.15, -0.1) is 0 Å².